The highest BCUT2D eigenvalue weighted by atomic mass is 32.2. The monoisotopic (exact) mass is 206 g/mol. The smallest absolute Gasteiger partial charge is 0.316 e. The van der Waals surface area contributed by atoms with Crippen LogP contribution in [0, 0.1) is 0 Å². The fourth-order valence-electron chi connectivity index (χ4n) is 0.899. The van der Waals surface area contributed by atoms with Crippen LogP contribution in [0.15, 0.2) is 0 Å². The molecule has 1 unspecified atom stereocenters. The van der Waals surface area contributed by atoms with E-state index >= 15 is 0 Å². The van der Waals surface area contributed by atoms with Gasteiger partial charge in [0.1, 0.15) is 0 Å². The van der Waals surface area contributed by atoms with Crippen LogP contribution < -0.4 is 0 Å². The van der Waals surface area contributed by atoms with E-state index in [-0.39, 0.29) is 11.9 Å². The molecule has 0 aliphatic rings. The van der Waals surface area contributed by atoms with Gasteiger partial charge < -0.3 is 10.2 Å². The Hall–Kier alpha value is -0.220. The van der Waals surface area contributed by atoms with Gasteiger partial charge in [-0.3, -0.25) is 4.79 Å². The van der Waals surface area contributed by atoms with E-state index in [4.69, 9.17) is 10.2 Å². The van der Waals surface area contributed by atoms with Crippen molar-refractivity contribution in [1.82, 2.24) is 0 Å². The van der Waals surface area contributed by atoms with Gasteiger partial charge in [-0.15, -0.1) is 11.8 Å². The largest absolute Gasteiger partial charge is 0.480 e. The molecule has 0 aromatic carbocycles. The van der Waals surface area contributed by atoms with Gasteiger partial charge in [0, 0.05) is 6.61 Å². The number of hydrogen-bond donors (Lipinski definition) is 2. The molecule has 0 heterocycles. The fourth-order valence-corrected chi connectivity index (χ4v) is 1.77. The number of hydrogen-bond acceptors (Lipinski definition) is 3. The minimum Gasteiger partial charge on any atom is -0.480 e. The van der Waals surface area contributed by atoms with Gasteiger partial charge in [-0.1, -0.05) is 12.8 Å². The summed E-state index contributed by atoms with van der Waals surface area (Å²) < 4.78 is 0. The lowest BCUT2D eigenvalue weighted by molar-refractivity contribution is -0.136. The van der Waals surface area contributed by atoms with Gasteiger partial charge in [0.2, 0.25) is 0 Å². The molecule has 0 aromatic rings. The van der Waals surface area contributed by atoms with Crippen LogP contribution >= 0.6 is 11.8 Å². The number of carbonyl (C=O) groups is 1. The Balaban J connectivity index is 3.11. The van der Waals surface area contributed by atoms with Gasteiger partial charge in [0.15, 0.2) is 0 Å². The van der Waals surface area contributed by atoms with Crippen molar-refractivity contribution in [1.29, 1.82) is 0 Å². The molecular weight excluding hydrogens is 188 g/mol. The molecular formula is C9H18O3S. The average molecular weight is 206 g/mol. The van der Waals surface area contributed by atoms with Crippen molar-refractivity contribution in [3.63, 3.8) is 0 Å². The highest BCUT2D eigenvalue weighted by Gasteiger charge is 2.09. The topological polar surface area (TPSA) is 57.5 Å². The van der Waals surface area contributed by atoms with Crippen molar-refractivity contribution >= 4 is 17.7 Å². The zero-order chi connectivity index (χ0) is 10.1. The summed E-state index contributed by atoms with van der Waals surface area (Å²) in [5.41, 5.74) is 0. The molecule has 2 N–H and O–H groups in total. The van der Waals surface area contributed by atoms with E-state index in [0.717, 1.165) is 31.4 Å². The van der Waals surface area contributed by atoms with Gasteiger partial charge >= 0.3 is 5.97 Å². The third-order valence-electron chi connectivity index (χ3n) is 1.77. The quantitative estimate of drug-likeness (QED) is 0.594. The van der Waals surface area contributed by atoms with Crippen LogP contribution in [0.5, 0.6) is 0 Å². The van der Waals surface area contributed by atoms with E-state index in [1.54, 1.807) is 6.92 Å². The van der Waals surface area contributed by atoms with Gasteiger partial charge in [0.05, 0.1) is 5.25 Å². The first-order chi connectivity index (χ1) is 6.18. The summed E-state index contributed by atoms with van der Waals surface area (Å²) in [6, 6.07) is 0. The summed E-state index contributed by atoms with van der Waals surface area (Å²) in [6.07, 6.45) is 4.03. The van der Waals surface area contributed by atoms with Crippen molar-refractivity contribution in [3.05, 3.63) is 0 Å². The molecule has 0 aromatic heterocycles. The summed E-state index contributed by atoms with van der Waals surface area (Å²) in [5.74, 6) is 0.166. The summed E-state index contributed by atoms with van der Waals surface area (Å²) in [7, 11) is 0. The van der Waals surface area contributed by atoms with Gasteiger partial charge in [0.25, 0.3) is 0 Å². The number of carboxylic acid groups (broad SMARTS) is 1. The molecule has 0 fully saturated rings. The third kappa shape index (κ3) is 8.12. The molecule has 0 radical (unpaired) electrons. The lowest BCUT2D eigenvalue weighted by Gasteiger charge is -2.04. The van der Waals surface area contributed by atoms with Crippen LogP contribution in [-0.4, -0.2) is 33.8 Å². The average Bonchev–Trinajstić information content (AvgIpc) is 2.10. The Morgan fingerprint density at radius 1 is 1.31 bits per heavy atom. The second-order valence-electron chi connectivity index (χ2n) is 2.99. The number of rotatable bonds is 8. The fraction of sp³-hybridized carbons (Fsp3) is 0.889. The standard InChI is InChI=1S/C9H18O3S/c1-8(9(11)12)13-7-5-3-2-4-6-10/h8,10H,2-7H2,1H3,(H,11,12). The molecule has 0 saturated carbocycles. The van der Waals surface area contributed by atoms with Gasteiger partial charge in [-0.25, -0.2) is 0 Å². The van der Waals surface area contributed by atoms with Crippen molar-refractivity contribution < 1.29 is 15.0 Å². The predicted molar refractivity (Wildman–Crippen MR) is 55.1 cm³/mol. The second kappa shape index (κ2) is 8.38. The molecule has 0 aliphatic heterocycles. The van der Waals surface area contributed by atoms with E-state index in [1.165, 1.54) is 11.8 Å². The number of aliphatic hydroxyl groups is 1. The Kier molecular flexibility index (Phi) is 8.24. The van der Waals surface area contributed by atoms with Crippen molar-refractivity contribution in [2.75, 3.05) is 12.4 Å². The van der Waals surface area contributed by atoms with Crippen molar-refractivity contribution in [3.8, 4) is 0 Å². The Labute approximate surface area is 83.5 Å². The van der Waals surface area contributed by atoms with Gasteiger partial charge in [-0.05, 0) is 25.5 Å². The first kappa shape index (κ1) is 12.8. The first-order valence-corrected chi connectivity index (χ1v) is 5.68. The molecule has 0 saturated heterocycles. The highest BCUT2D eigenvalue weighted by Crippen LogP contribution is 2.13. The number of aliphatic carboxylic acids is 1. The Bertz CT molecular complexity index is 139. The molecule has 78 valence electrons. The zero-order valence-corrected chi connectivity index (χ0v) is 8.85. The maximum Gasteiger partial charge on any atom is 0.316 e. The van der Waals surface area contributed by atoms with E-state index in [2.05, 4.69) is 0 Å². The molecule has 0 aliphatic carbocycles. The summed E-state index contributed by atoms with van der Waals surface area (Å²) in [4.78, 5) is 10.4. The number of aliphatic hydroxyl groups excluding tert-OH is 1. The van der Waals surface area contributed by atoms with Crippen LogP contribution in [0.2, 0.25) is 0 Å². The number of thioether (sulfide) groups is 1. The molecule has 0 spiro atoms. The molecule has 13 heavy (non-hydrogen) atoms. The van der Waals surface area contributed by atoms with Crippen molar-refractivity contribution in [2.24, 2.45) is 0 Å². The molecule has 4 heteroatoms. The van der Waals surface area contributed by atoms with E-state index in [1.807, 2.05) is 0 Å². The third-order valence-corrected chi connectivity index (χ3v) is 2.99. The van der Waals surface area contributed by atoms with E-state index in [9.17, 15) is 4.79 Å². The number of unbranched alkanes of at least 4 members (excludes halogenated alkanes) is 3. The highest BCUT2D eigenvalue weighted by molar-refractivity contribution is 8.00. The van der Waals surface area contributed by atoms with E-state index < -0.39 is 5.97 Å². The maximum atomic E-state index is 10.4. The molecule has 1 atom stereocenters. The SMILES string of the molecule is CC(SCCCCCCO)C(=O)O. The van der Waals surface area contributed by atoms with Gasteiger partial charge in [-0.2, -0.15) is 0 Å². The van der Waals surface area contributed by atoms with Crippen LogP contribution in [-0.2, 0) is 4.79 Å². The van der Waals surface area contributed by atoms with Crippen LogP contribution in [0.3, 0.4) is 0 Å². The minimum atomic E-state index is -0.736. The molecule has 3 nitrogen and oxygen atoms in total. The zero-order valence-electron chi connectivity index (χ0n) is 8.03. The predicted octanol–water partition coefficient (Wildman–Crippen LogP) is 1.75. The molecule has 0 amide bonds. The lowest BCUT2D eigenvalue weighted by Crippen LogP contribution is -2.11. The Morgan fingerprint density at radius 2 is 1.92 bits per heavy atom. The first-order valence-electron chi connectivity index (χ1n) is 4.63. The van der Waals surface area contributed by atoms with E-state index in [0.29, 0.717) is 0 Å². The normalized spacial score (nSPS) is 12.8. The Morgan fingerprint density at radius 3 is 2.46 bits per heavy atom. The summed E-state index contributed by atoms with van der Waals surface area (Å²) >= 11 is 1.48. The summed E-state index contributed by atoms with van der Waals surface area (Å²) in [5, 5.41) is 16.8. The minimum absolute atomic E-state index is 0.263. The van der Waals surface area contributed by atoms with Crippen LogP contribution in [0.4, 0.5) is 0 Å². The summed E-state index contributed by atoms with van der Waals surface area (Å²) in [6.45, 7) is 1.97. The number of carboxylic acids is 1. The second-order valence-corrected chi connectivity index (χ2v) is 4.44. The lowest BCUT2D eigenvalue weighted by atomic mass is 10.2. The maximum absolute atomic E-state index is 10.4. The van der Waals surface area contributed by atoms with Crippen LogP contribution in [0.1, 0.15) is 32.6 Å². The van der Waals surface area contributed by atoms with Crippen molar-refractivity contribution in [2.45, 2.75) is 37.9 Å². The molecule has 0 bridgehead atoms. The molecule has 0 rings (SSSR count). The van der Waals surface area contributed by atoms with Crippen LogP contribution in [0.25, 0.3) is 0 Å².